The predicted molar refractivity (Wildman–Crippen MR) is 223 cm³/mol. The smallest absolute Gasteiger partial charge is 0.145 e. The topological polar surface area (TPSA) is 30.7 Å². The highest BCUT2D eigenvalue weighted by molar-refractivity contribution is 6.68. The van der Waals surface area contributed by atoms with Crippen LogP contribution in [0.2, 0.25) is 0 Å². The third-order valence-corrected chi connectivity index (χ3v) is 9.98. The molecule has 0 bridgehead atoms. The SMILES string of the molecule is [B]c1c([B])c([B])c(-n2c(-c3cccc(-c4c5ccccc5c(-c5ccc(-c6ccncc6)cc5)c5ccccc45)c3)nc3ccccc32)c([B])c1[B]. The zero-order valence-corrected chi connectivity index (χ0v) is 28.1. The van der Waals surface area contributed by atoms with Crippen LogP contribution < -0.4 is 27.3 Å². The van der Waals surface area contributed by atoms with Crippen LogP contribution in [0.15, 0.2) is 146 Å². The molecule has 7 aromatic carbocycles. The molecular weight excluding hydrogens is 625 g/mol. The van der Waals surface area contributed by atoms with Crippen LogP contribution in [0.25, 0.3) is 83.0 Å². The van der Waals surface area contributed by atoms with Gasteiger partial charge < -0.3 is 0 Å². The van der Waals surface area contributed by atoms with Gasteiger partial charge in [-0.05, 0) is 85.3 Å². The summed E-state index contributed by atoms with van der Waals surface area (Å²) < 4.78 is 1.93. The standard InChI is InChI=1S/C44H24B5N3/c45-38-39(46)41(48)43(42(49)40(38)47)52-35-15-6-5-14-34(35)51-44(52)29-9-7-8-28(24-29)37-32-12-3-1-10-30(32)36(31-11-2-4-13-33(31)37)27-18-16-25(17-19-27)26-20-22-50-23-21-26/h1-24H. The van der Waals surface area contributed by atoms with Crippen LogP contribution in [-0.2, 0) is 0 Å². The Morgan fingerprint density at radius 1 is 0.404 bits per heavy atom. The van der Waals surface area contributed by atoms with Gasteiger partial charge in [0.1, 0.15) is 45.1 Å². The molecule has 0 N–H and O–H groups in total. The average Bonchev–Trinajstić information content (AvgIpc) is 3.58. The fourth-order valence-electron chi connectivity index (χ4n) is 7.46. The van der Waals surface area contributed by atoms with Crippen molar-refractivity contribution in [2.75, 3.05) is 0 Å². The summed E-state index contributed by atoms with van der Waals surface area (Å²) in [6, 6.07) is 46.3. The average molecular weight is 649 g/mol. The van der Waals surface area contributed by atoms with Crippen LogP contribution in [0.4, 0.5) is 0 Å². The summed E-state index contributed by atoms with van der Waals surface area (Å²) >= 11 is 0. The number of rotatable bonds is 5. The lowest BCUT2D eigenvalue weighted by Gasteiger charge is -2.23. The molecule has 230 valence electrons. The summed E-state index contributed by atoms with van der Waals surface area (Å²) in [5.74, 6) is 0.643. The number of hydrogen-bond acceptors (Lipinski definition) is 2. The van der Waals surface area contributed by atoms with Gasteiger partial charge in [0.2, 0.25) is 0 Å². The Labute approximate surface area is 308 Å². The van der Waals surface area contributed by atoms with Gasteiger partial charge in [-0.1, -0.05) is 114 Å². The molecule has 2 heterocycles. The summed E-state index contributed by atoms with van der Waals surface area (Å²) in [6.45, 7) is 0. The first-order valence-electron chi connectivity index (χ1n) is 16.9. The number of benzene rings is 7. The minimum absolute atomic E-state index is 0.165. The van der Waals surface area contributed by atoms with Crippen LogP contribution in [-0.4, -0.2) is 53.8 Å². The maximum atomic E-state index is 6.64. The summed E-state index contributed by atoms with van der Waals surface area (Å²) in [4.78, 5) is 9.28. The molecule has 0 spiro atoms. The van der Waals surface area contributed by atoms with E-state index in [2.05, 4.69) is 96.0 Å². The maximum Gasteiger partial charge on any atom is 0.145 e. The van der Waals surface area contributed by atoms with Crippen LogP contribution >= 0.6 is 0 Å². The molecule has 9 aromatic rings. The van der Waals surface area contributed by atoms with Crippen molar-refractivity contribution in [3.05, 3.63) is 146 Å². The Kier molecular flexibility index (Phi) is 7.77. The molecule has 9 rings (SSSR count). The molecule has 0 aliphatic rings. The summed E-state index contributed by atoms with van der Waals surface area (Å²) in [6.07, 6.45) is 3.64. The molecule has 8 heteroatoms. The van der Waals surface area contributed by atoms with Gasteiger partial charge >= 0.3 is 0 Å². The Balaban J connectivity index is 1.27. The van der Waals surface area contributed by atoms with Crippen molar-refractivity contribution in [2.45, 2.75) is 0 Å². The van der Waals surface area contributed by atoms with Crippen LogP contribution in [0.1, 0.15) is 0 Å². The molecule has 0 unspecified atom stereocenters. The minimum Gasteiger partial charge on any atom is -0.294 e. The third-order valence-electron chi connectivity index (χ3n) is 9.98. The van der Waals surface area contributed by atoms with E-state index < -0.39 is 0 Å². The van der Waals surface area contributed by atoms with E-state index in [0.717, 1.165) is 55.2 Å². The number of nitrogens with zero attached hydrogens (tertiary/aromatic N) is 3. The van der Waals surface area contributed by atoms with E-state index in [1.807, 2.05) is 59.4 Å². The third kappa shape index (κ3) is 5.05. The summed E-state index contributed by atoms with van der Waals surface area (Å²) in [7, 11) is 32.2. The molecule has 10 radical (unpaired) electrons. The van der Waals surface area contributed by atoms with Crippen molar-refractivity contribution in [3.8, 4) is 50.5 Å². The zero-order valence-electron chi connectivity index (χ0n) is 28.1. The number of aromatic nitrogens is 3. The first kappa shape index (κ1) is 31.9. The van der Waals surface area contributed by atoms with Gasteiger partial charge in [0.15, 0.2) is 0 Å². The van der Waals surface area contributed by atoms with Gasteiger partial charge in [-0.2, -0.15) is 0 Å². The number of fused-ring (bicyclic) bond motifs is 3. The normalized spacial score (nSPS) is 11.5. The molecule has 0 aliphatic heterocycles. The molecule has 0 atom stereocenters. The monoisotopic (exact) mass is 649 g/mol. The van der Waals surface area contributed by atoms with E-state index in [1.54, 1.807) is 0 Å². The second kappa shape index (κ2) is 12.6. The fraction of sp³-hybridized carbons (Fsp3) is 0. The van der Waals surface area contributed by atoms with Crippen molar-refractivity contribution >= 4 is 99.1 Å². The highest BCUT2D eigenvalue weighted by Gasteiger charge is 2.21. The van der Waals surface area contributed by atoms with Gasteiger partial charge in [-0.25, -0.2) is 4.98 Å². The van der Waals surface area contributed by atoms with Crippen LogP contribution in [0, 0.1) is 0 Å². The zero-order chi connectivity index (χ0) is 35.5. The lowest BCUT2D eigenvalue weighted by atomic mass is 9.61. The molecule has 0 amide bonds. The van der Waals surface area contributed by atoms with Crippen molar-refractivity contribution < 1.29 is 0 Å². The molecule has 0 saturated carbocycles. The first-order chi connectivity index (χ1) is 25.4. The van der Waals surface area contributed by atoms with E-state index in [4.69, 9.17) is 44.2 Å². The highest BCUT2D eigenvalue weighted by atomic mass is 15.1. The van der Waals surface area contributed by atoms with E-state index in [-0.39, 0.29) is 27.3 Å². The van der Waals surface area contributed by atoms with Crippen molar-refractivity contribution in [3.63, 3.8) is 0 Å². The second-order valence-corrected chi connectivity index (χ2v) is 12.9. The number of hydrogen-bond donors (Lipinski definition) is 0. The maximum absolute atomic E-state index is 6.64. The van der Waals surface area contributed by atoms with Gasteiger partial charge in [0.05, 0.1) is 11.0 Å². The van der Waals surface area contributed by atoms with Crippen molar-refractivity contribution in [1.82, 2.24) is 14.5 Å². The van der Waals surface area contributed by atoms with Gasteiger partial charge in [-0.3, -0.25) is 9.55 Å². The minimum atomic E-state index is 0.165. The lowest BCUT2D eigenvalue weighted by Crippen LogP contribution is -2.56. The highest BCUT2D eigenvalue weighted by Crippen LogP contribution is 2.44. The molecule has 0 saturated heterocycles. The molecular formula is C44H24B5N3. The van der Waals surface area contributed by atoms with Crippen LogP contribution in [0.3, 0.4) is 0 Å². The molecule has 0 aliphatic carbocycles. The molecule has 0 fully saturated rings. The Hall–Kier alpha value is -6.00. The van der Waals surface area contributed by atoms with Crippen molar-refractivity contribution in [1.29, 1.82) is 0 Å². The predicted octanol–water partition coefficient (Wildman–Crippen LogP) is 5.36. The van der Waals surface area contributed by atoms with Gasteiger partial charge in [-0.15, -0.1) is 16.4 Å². The molecule has 52 heavy (non-hydrogen) atoms. The van der Waals surface area contributed by atoms with Gasteiger partial charge in [0.25, 0.3) is 0 Å². The Morgan fingerprint density at radius 2 is 0.885 bits per heavy atom. The van der Waals surface area contributed by atoms with E-state index in [0.29, 0.717) is 11.5 Å². The second-order valence-electron chi connectivity index (χ2n) is 12.9. The Bertz CT molecular complexity index is 2760. The number of para-hydroxylation sites is 2. The summed E-state index contributed by atoms with van der Waals surface area (Å²) in [5.41, 5.74) is 10.7. The van der Waals surface area contributed by atoms with E-state index >= 15 is 0 Å². The Morgan fingerprint density at radius 3 is 1.50 bits per heavy atom. The molecule has 2 aromatic heterocycles. The quantitative estimate of drug-likeness (QED) is 0.186. The first-order valence-corrected chi connectivity index (χ1v) is 16.9. The summed E-state index contributed by atoms with van der Waals surface area (Å²) in [5, 5.41) is 4.62. The van der Waals surface area contributed by atoms with E-state index in [9.17, 15) is 0 Å². The largest absolute Gasteiger partial charge is 0.294 e. The van der Waals surface area contributed by atoms with Crippen molar-refractivity contribution in [2.24, 2.45) is 0 Å². The van der Waals surface area contributed by atoms with Crippen LogP contribution in [0.5, 0.6) is 0 Å². The lowest BCUT2D eigenvalue weighted by molar-refractivity contribution is 1.12. The molecule has 3 nitrogen and oxygen atoms in total. The van der Waals surface area contributed by atoms with E-state index in [1.165, 1.54) is 16.3 Å². The van der Waals surface area contributed by atoms with Gasteiger partial charge in [0, 0.05) is 23.6 Å². The number of pyridine rings is 1. The fourth-order valence-corrected chi connectivity index (χ4v) is 7.46. The number of imidazole rings is 1.